The second-order valence-corrected chi connectivity index (χ2v) is 6.37. The molecule has 1 fully saturated rings. The number of nitrogens with two attached hydrogens (primary N) is 1. The average Bonchev–Trinajstić information content (AvgIpc) is 2.65. The molecule has 1 saturated carbocycles. The lowest BCUT2D eigenvalue weighted by Gasteiger charge is -2.25. The summed E-state index contributed by atoms with van der Waals surface area (Å²) in [5, 5.41) is 1.09. The van der Waals surface area contributed by atoms with Crippen LogP contribution >= 0.6 is 27.3 Å². The van der Waals surface area contributed by atoms with Crippen molar-refractivity contribution in [1.82, 2.24) is 4.98 Å². The molecule has 1 atom stereocenters. The summed E-state index contributed by atoms with van der Waals surface area (Å²) >= 11 is 5.09. The minimum absolute atomic E-state index is 0.159. The van der Waals surface area contributed by atoms with E-state index in [1.165, 1.54) is 32.1 Å². The van der Waals surface area contributed by atoms with Crippen molar-refractivity contribution in [2.24, 2.45) is 11.7 Å². The molecule has 0 amide bonds. The van der Waals surface area contributed by atoms with Gasteiger partial charge in [0, 0.05) is 0 Å². The summed E-state index contributed by atoms with van der Waals surface area (Å²) in [5.74, 6) is 0.654. The van der Waals surface area contributed by atoms with Gasteiger partial charge in [-0.15, -0.1) is 11.3 Å². The Kier molecular flexibility index (Phi) is 3.57. The van der Waals surface area contributed by atoms with E-state index in [9.17, 15) is 0 Å². The average molecular weight is 275 g/mol. The fourth-order valence-corrected chi connectivity index (χ4v) is 3.46. The summed E-state index contributed by atoms with van der Waals surface area (Å²) in [6, 6.07) is 0.159. The van der Waals surface area contributed by atoms with Gasteiger partial charge in [-0.05, 0) is 34.7 Å². The normalized spacial score (nSPS) is 21.0. The van der Waals surface area contributed by atoms with Crippen molar-refractivity contribution < 1.29 is 0 Å². The molecule has 4 heteroatoms. The third-order valence-corrected chi connectivity index (χ3v) is 4.52. The van der Waals surface area contributed by atoms with Crippen LogP contribution in [0.2, 0.25) is 0 Å². The van der Waals surface area contributed by atoms with Crippen LogP contribution < -0.4 is 5.73 Å². The topological polar surface area (TPSA) is 38.9 Å². The minimum Gasteiger partial charge on any atom is -0.322 e. The van der Waals surface area contributed by atoms with Gasteiger partial charge in [0.15, 0.2) is 0 Å². The first kappa shape index (κ1) is 10.6. The smallest absolute Gasteiger partial charge is 0.111 e. The molecular formula is C10H15BrN2S. The zero-order chi connectivity index (χ0) is 9.97. The molecular weight excluding hydrogens is 260 g/mol. The van der Waals surface area contributed by atoms with E-state index >= 15 is 0 Å². The van der Waals surface area contributed by atoms with Crippen LogP contribution in [0.25, 0.3) is 0 Å². The zero-order valence-corrected chi connectivity index (χ0v) is 10.5. The number of nitrogens with zero attached hydrogens (tertiary/aromatic N) is 1. The summed E-state index contributed by atoms with van der Waals surface area (Å²) in [4.78, 5) is 4.34. The standard InChI is InChI=1S/C10H15BrN2S/c11-8-6-13-10(14-8)9(12)7-4-2-1-3-5-7/h6-7,9H,1-5,12H2. The number of aromatic nitrogens is 1. The lowest BCUT2D eigenvalue weighted by Crippen LogP contribution is -2.23. The number of rotatable bonds is 2. The van der Waals surface area contributed by atoms with Crippen LogP contribution in [0.15, 0.2) is 9.98 Å². The largest absolute Gasteiger partial charge is 0.322 e. The lowest BCUT2D eigenvalue weighted by atomic mass is 9.84. The molecule has 0 bridgehead atoms. The quantitative estimate of drug-likeness (QED) is 0.897. The third kappa shape index (κ3) is 2.35. The van der Waals surface area contributed by atoms with E-state index in [0.29, 0.717) is 5.92 Å². The van der Waals surface area contributed by atoms with Gasteiger partial charge in [0.2, 0.25) is 0 Å². The molecule has 0 spiro atoms. The molecule has 78 valence electrons. The molecule has 1 heterocycles. The van der Waals surface area contributed by atoms with Crippen LogP contribution in [-0.2, 0) is 0 Å². The monoisotopic (exact) mass is 274 g/mol. The van der Waals surface area contributed by atoms with E-state index in [4.69, 9.17) is 5.73 Å². The maximum Gasteiger partial charge on any atom is 0.111 e. The van der Waals surface area contributed by atoms with E-state index in [1.54, 1.807) is 11.3 Å². The van der Waals surface area contributed by atoms with Gasteiger partial charge in [-0.2, -0.15) is 0 Å². The first-order valence-corrected chi connectivity index (χ1v) is 6.75. The van der Waals surface area contributed by atoms with E-state index in [1.807, 2.05) is 6.20 Å². The van der Waals surface area contributed by atoms with Crippen LogP contribution in [0.4, 0.5) is 0 Å². The number of hydrogen-bond acceptors (Lipinski definition) is 3. The summed E-state index contributed by atoms with van der Waals surface area (Å²) in [5.41, 5.74) is 6.21. The van der Waals surface area contributed by atoms with Crippen molar-refractivity contribution in [1.29, 1.82) is 0 Å². The van der Waals surface area contributed by atoms with Crippen LogP contribution in [0.1, 0.15) is 43.2 Å². The first-order valence-electron chi connectivity index (χ1n) is 5.14. The van der Waals surface area contributed by atoms with E-state index in [-0.39, 0.29) is 6.04 Å². The molecule has 1 aromatic heterocycles. The highest BCUT2D eigenvalue weighted by molar-refractivity contribution is 9.11. The zero-order valence-electron chi connectivity index (χ0n) is 8.08. The van der Waals surface area contributed by atoms with Crippen molar-refractivity contribution in [2.75, 3.05) is 0 Å². The van der Waals surface area contributed by atoms with Crippen molar-refractivity contribution in [3.63, 3.8) is 0 Å². The summed E-state index contributed by atoms with van der Waals surface area (Å²) in [6.07, 6.45) is 8.46. The molecule has 1 aromatic rings. The maximum atomic E-state index is 6.21. The lowest BCUT2D eigenvalue weighted by molar-refractivity contribution is 0.308. The number of hydrogen-bond donors (Lipinski definition) is 1. The predicted octanol–water partition coefficient (Wildman–Crippen LogP) is 3.49. The van der Waals surface area contributed by atoms with E-state index in [2.05, 4.69) is 20.9 Å². The highest BCUT2D eigenvalue weighted by Crippen LogP contribution is 2.35. The van der Waals surface area contributed by atoms with Crippen LogP contribution in [0, 0.1) is 5.92 Å². The summed E-state index contributed by atoms with van der Waals surface area (Å²) in [7, 11) is 0. The van der Waals surface area contributed by atoms with Crippen LogP contribution in [-0.4, -0.2) is 4.98 Å². The highest BCUT2D eigenvalue weighted by atomic mass is 79.9. The Balaban J connectivity index is 2.03. The third-order valence-electron chi connectivity index (χ3n) is 2.94. The van der Waals surface area contributed by atoms with Gasteiger partial charge in [-0.3, -0.25) is 0 Å². The second-order valence-electron chi connectivity index (χ2n) is 3.93. The predicted molar refractivity (Wildman–Crippen MR) is 63.3 cm³/mol. The molecule has 0 saturated heterocycles. The van der Waals surface area contributed by atoms with Crippen molar-refractivity contribution in [3.8, 4) is 0 Å². The first-order chi connectivity index (χ1) is 6.77. The van der Waals surface area contributed by atoms with Gasteiger partial charge in [0.05, 0.1) is 16.0 Å². The highest BCUT2D eigenvalue weighted by Gasteiger charge is 2.23. The molecule has 2 nitrogen and oxygen atoms in total. The van der Waals surface area contributed by atoms with E-state index < -0.39 is 0 Å². The summed E-state index contributed by atoms with van der Waals surface area (Å²) in [6.45, 7) is 0. The Hall–Kier alpha value is 0.0700. The van der Waals surface area contributed by atoms with Gasteiger partial charge in [-0.25, -0.2) is 4.98 Å². The molecule has 2 N–H and O–H groups in total. The summed E-state index contributed by atoms with van der Waals surface area (Å²) < 4.78 is 1.08. The Labute approximate surface area is 97.0 Å². The van der Waals surface area contributed by atoms with Gasteiger partial charge in [-0.1, -0.05) is 19.3 Å². The molecule has 14 heavy (non-hydrogen) atoms. The fraction of sp³-hybridized carbons (Fsp3) is 0.700. The number of thiazole rings is 1. The molecule has 1 aliphatic carbocycles. The molecule has 1 aliphatic rings. The Morgan fingerprint density at radius 3 is 2.71 bits per heavy atom. The van der Waals surface area contributed by atoms with Crippen molar-refractivity contribution in [2.45, 2.75) is 38.1 Å². The fourth-order valence-electron chi connectivity index (χ4n) is 2.12. The van der Waals surface area contributed by atoms with Gasteiger partial charge in [0.1, 0.15) is 5.01 Å². The molecule has 0 radical (unpaired) electrons. The Bertz CT molecular complexity index is 294. The van der Waals surface area contributed by atoms with Crippen LogP contribution in [0.5, 0.6) is 0 Å². The second kappa shape index (κ2) is 4.73. The Morgan fingerprint density at radius 1 is 1.43 bits per heavy atom. The van der Waals surface area contributed by atoms with Gasteiger partial charge < -0.3 is 5.73 Å². The van der Waals surface area contributed by atoms with Crippen LogP contribution in [0.3, 0.4) is 0 Å². The van der Waals surface area contributed by atoms with Gasteiger partial charge in [0.25, 0.3) is 0 Å². The molecule has 0 aromatic carbocycles. The maximum absolute atomic E-state index is 6.21. The molecule has 2 rings (SSSR count). The molecule has 0 aliphatic heterocycles. The minimum atomic E-state index is 0.159. The van der Waals surface area contributed by atoms with E-state index in [0.717, 1.165) is 8.79 Å². The van der Waals surface area contributed by atoms with Crippen molar-refractivity contribution in [3.05, 3.63) is 15.0 Å². The molecule has 1 unspecified atom stereocenters. The Morgan fingerprint density at radius 2 is 2.14 bits per heavy atom. The van der Waals surface area contributed by atoms with Crippen molar-refractivity contribution >= 4 is 27.3 Å². The SMILES string of the molecule is NC(c1ncc(Br)s1)C1CCCCC1. The number of halogens is 1. The van der Waals surface area contributed by atoms with Gasteiger partial charge >= 0.3 is 0 Å².